The van der Waals surface area contributed by atoms with Gasteiger partial charge in [-0.15, -0.1) is 0 Å². The number of piperidine rings is 3. The Kier molecular flexibility index (Phi) is 3.60. The maximum atomic E-state index is 6.27. The minimum atomic E-state index is 0.337. The van der Waals surface area contributed by atoms with Crippen LogP contribution in [-0.2, 0) is 0 Å². The van der Waals surface area contributed by atoms with Crippen molar-refractivity contribution >= 4 is 11.6 Å². The molecule has 3 saturated heterocycles. The highest BCUT2D eigenvalue weighted by atomic mass is 35.5. The first-order valence-electron chi connectivity index (χ1n) is 6.97. The lowest BCUT2D eigenvalue weighted by Gasteiger charge is -2.46. The highest BCUT2D eigenvalue weighted by Crippen LogP contribution is 2.30. The molecule has 2 nitrogen and oxygen atoms in total. The number of hydrogen-bond acceptors (Lipinski definition) is 2. The average molecular weight is 265 g/mol. The molecule has 3 fully saturated rings. The molecule has 0 radical (unpaired) electrons. The third-order valence-electron chi connectivity index (χ3n) is 4.49. The molecule has 1 N–H and O–H groups in total. The van der Waals surface area contributed by atoms with Crippen molar-refractivity contribution in [3.05, 3.63) is 34.9 Å². The van der Waals surface area contributed by atoms with Crippen LogP contribution in [0.3, 0.4) is 0 Å². The lowest BCUT2D eigenvalue weighted by Crippen LogP contribution is -2.56. The number of rotatable bonds is 3. The molecule has 1 aromatic rings. The monoisotopic (exact) mass is 264 g/mol. The number of fused-ring (bicyclic) bond motifs is 3. The van der Waals surface area contributed by atoms with E-state index in [1.807, 2.05) is 12.1 Å². The van der Waals surface area contributed by atoms with Gasteiger partial charge in [0.2, 0.25) is 0 Å². The van der Waals surface area contributed by atoms with Crippen molar-refractivity contribution in [3.8, 4) is 0 Å². The molecular formula is C15H21ClN2. The van der Waals surface area contributed by atoms with Crippen LogP contribution in [-0.4, -0.2) is 30.6 Å². The van der Waals surface area contributed by atoms with Gasteiger partial charge in [0.05, 0.1) is 0 Å². The Labute approximate surface area is 114 Å². The largest absolute Gasteiger partial charge is 0.306 e. The number of hydrogen-bond donors (Lipinski definition) is 1. The summed E-state index contributed by atoms with van der Waals surface area (Å²) in [5.74, 6) is 0.861. The van der Waals surface area contributed by atoms with Crippen LogP contribution in [0.1, 0.15) is 31.4 Å². The second kappa shape index (κ2) is 5.20. The van der Waals surface area contributed by atoms with Gasteiger partial charge < -0.3 is 10.2 Å². The second-order valence-electron chi connectivity index (χ2n) is 5.65. The Bertz CT molecular complexity index is 413. The Hall–Kier alpha value is -0.570. The van der Waals surface area contributed by atoms with Crippen LogP contribution in [0.4, 0.5) is 0 Å². The van der Waals surface area contributed by atoms with Crippen molar-refractivity contribution in [1.29, 1.82) is 0 Å². The van der Waals surface area contributed by atoms with E-state index < -0.39 is 0 Å². The molecule has 0 aromatic heterocycles. The third kappa shape index (κ3) is 2.42. The summed E-state index contributed by atoms with van der Waals surface area (Å²) in [5.41, 5.74) is 1.22. The van der Waals surface area contributed by atoms with Gasteiger partial charge in [0.15, 0.2) is 0 Å². The van der Waals surface area contributed by atoms with E-state index in [-0.39, 0.29) is 0 Å². The molecule has 0 aliphatic carbocycles. The Balaban J connectivity index is 1.68. The third-order valence-corrected chi connectivity index (χ3v) is 4.84. The smallest absolute Gasteiger partial charge is 0.0453 e. The van der Waals surface area contributed by atoms with Gasteiger partial charge >= 0.3 is 0 Å². The minimum Gasteiger partial charge on any atom is -0.306 e. The summed E-state index contributed by atoms with van der Waals surface area (Å²) in [7, 11) is 0. The molecule has 2 atom stereocenters. The van der Waals surface area contributed by atoms with E-state index in [9.17, 15) is 0 Å². The Morgan fingerprint density at radius 3 is 2.61 bits per heavy atom. The molecule has 0 saturated carbocycles. The van der Waals surface area contributed by atoms with E-state index in [4.69, 9.17) is 11.6 Å². The fraction of sp³-hybridized carbons (Fsp3) is 0.600. The fourth-order valence-corrected chi connectivity index (χ4v) is 3.69. The van der Waals surface area contributed by atoms with Crippen molar-refractivity contribution in [2.75, 3.05) is 19.6 Å². The Morgan fingerprint density at radius 1 is 1.28 bits per heavy atom. The number of nitrogens with one attached hydrogen (secondary N) is 1. The van der Waals surface area contributed by atoms with Gasteiger partial charge in [0.25, 0.3) is 0 Å². The van der Waals surface area contributed by atoms with Crippen molar-refractivity contribution in [1.82, 2.24) is 10.2 Å². The van der Waals surface area contributed by atoms with Crippen LogP contribution >= 0.6 is 11.6 Å². The second-order valence-corrected chi connectivity index (χ2v) is 6.06. The number of halogens is 1. The summed E-state index contributed by atoms with van der Waals surface area (Å²) >= 11 is 6.27. The lowest BCUT2D eigenvalue weighted by molar-refractivity contribution is 0.0680. The summed E-state index contributed by atoms with van der Waals surface area (Å²) < 4.78 is 0. The minimum absolute atomic E-state index is 0.337. The summed E-state index contributed by atoms with van der Waals surface area (Å²) in [6, 6.07) is 9.14. The van der Waals surface area contributed by atoms with Gasteiger partial charge in [0, 0.05) is 23.7 Å². The normalized spacial score (nSPS) is 32.4. The van der Waals surface area contributed by atoms with Gasteiger partial charge in [-0.3, -0.25) is 0 Å². The molecule has 0 spiro atoms. The zero-order valence-electron chi connectivity index (χ0n) is 10.9. The lowest BCUT2D eigenvalue weighted by atomic mass is 9.83. The molecule has 3 heterocycles. The predicted molar refractivity (Wildman–Crippen MR) is 76.0 cm³/mol. The van der Waals surface area contributed by atoms with Crippen LogP contribution < -0.4 is 5.32 Å². The van der Waals surface area contributed by atoms with Crippen LogP contribution in [0.15, 0.2) is 24.3 Å². The van der Waals surface area contributed by atoms with Crippen molar-refractivity contribution < 1.29 is 0 Å². The topological polar surface area (TPSA) is 15.3 Å². The Morgan fingerprint density at radius 2 is 2.00 bits per heavy atom. The maximum Gasteiger partial charge on any atom is 0.0453 e. The van der Waals surface area contributed by atoms with Crippen molar-refractivity contribution in [3.63, 3.8) is 0 Å². The van der Waals surface area contributed by atoms with Crippen molar-refractivity contribution in [2.24, 2.45) is 5.92 Å². The van der Waals surface area contributed by atoms with E-state index in [2.05, 4.69) is 29.3 Å². The first-order chi connectivity index (χ1) is 8.74. The molecule has 1 aromatic carbocycles. The zero-order valence-corrected chi connectivity index (χ0v) is 11.7. The van der Waals surface area contributed by atoms with Gasteiger partial charge in [-0.1, -0.05) is 29.8 Å². The summed E-state index contributed by atoms with van der Waals surface area (Å²) in [6.45, 7) is 6.02. The average Bonchev–Trinajstić information content (AvgIpc) is 2.40. The molecule has 3 heteroatoms. The van der Waals surface area contributed by atoms with E-state index in [1.165, 1.54) is 38.0 Å². The molecule has 2 bridgehead atoms. The SMILES string of the molecule is C[C@@H](NC1CN2CCC1CC2)c1ccccc1Cl. The van der Waals surface area contributed by atoms with Gasteiger partial charge in [-0.25, -0.2) is 0 Å². The maximum absolute atomic E-state index is 6.27. The number of benzene rings is 1. The van der Waals surface area contributed by atoms with Crippen LogP contribution in [0.25, 0.3) is 0 Å². The molecule has 0 amide bonds. The standard InChI is InChI=1S/C15H21ClN2/c1-11(13-4-2-3-5-14(13)16)17-15-10-18-8-6-12(15)7-9-18/h2-5,11-12,15,17H,6-10H2,1H3/t11-,15?/m1/s1. The van der Waals surface area contributed by atoms with E-state index in [1.54, 1.807) is 0 Å². The molecule has 3 aliphatic rings. The molecule has 4 rings (SSSR count). The summed E-state index contributed by atoms with van der Waals surface area (Å²) in [5, 5.41) is 4.66. The van der Waals surface area contributed by atoms with E-state index >= 15 is 0 Å². The number of nitrogens with zero attached hydrogens (tertiary/aromatic N) is 1. The van der Waals surface area contributed by atoms with Gasteiger partial charge in [-0.05, 0) is 50.4 Å². The molecule has 3 aliphatic heterocycles. The van der Waals surface area contributed by atoms with E-state index in [0.29, 0.717) is 12.1 Å². The zero-order chi connectivity index (χ0) is 12.5. The molecule has 18 heavy (non-hydrogen) atoms. The molecule has 1 unspecified atom stereocenters. The van der Waals surface area contributed by atoms with Gasteiger partial charge in [0.1, 0.15) is 0 Å². The first-order valence-corrected chi connectivity index (χ1v) is 7.34. The summed E-state index contributed by atoms with van der Waals surface area (Å²) in [6.07, 6.45) is 2.71. The van der Waals surface area contributed by atoms with E-state index in [0.717, 1.165) is 10.9 Å². The van der Waals surface area contributed by atoms with Crippen LogP contribution in [0.2, 0.25) is 5.02 Å². The highest BCUT2D eigenvalue weighted by Gasteiger charge is 2.34. The molecular weight excluding hydrogens is 244 g/mol. The highest BCUT2D eigenvalue weighted by molar-refractivity contribution is 6.31. The summed E-state index contributed by atoms with van der Waals surface area (Å²) in [4.78, 5) is 2.58. The van der Waals surface area contributed by atoms with Crippen molar-refractivity contribution in [2.45, 2.75) is 31.8 Å². The van der Waals surface area contributed by atoms with Crippen LogP contribution in [0, 0.1) is 5.92 Å². The predicted octanol–water partition coefficient (Wildman–Crippen LogP) is 3.08. The fourth-order valence-electron chi connectivity index (χ4n) is 3.39. The van der Waals surface area contributed by atoms with Gasteiger partial charge in [-0.2, -0.15) is 0 Å². The van der Waals surface area contributed by atoms with Crippen LogP contribution in [0.5, 0.6) is 0 Å². The molecule has 98 valence electrons. The quantitative estimate of drug-likeness (QED) is 0.903. The first kappa shape index (κ1) is 12.5.